The van der Waals surface area contributed by atoms with Crippen LogP contribution in [-0.4, -0.2) is 28.2 Å². The number of anilines is 1. The van der Waals surface area contributed by atoms with Gasteiger partial charge in [0.15, 0.2) is 10.9 Å². The zero-order valence-electron chi connectivity index (χ0n) is 15.1. The van der Waals surface area contributed by atoms with E-state index in [0.29, 0.717) is 30.2 Å². The van der Waals surface area contributed by atoms with Crippen LogP contribution < -0.4 is 5.32 Å². The minimum atomic E-state index is -0.325. The van der Waals surface area contributed by atoms with Gasteiger partial charge in [-0.15, -0.1) is 0 Å². The fraction of sp³-hybridized carbons (Fsp3) is 0.250. The maximum atomic E-state index is 12.8. The van der Waals surface area contributed by atoms with Gasteiger partial charge in [0.2, 0.25) is 0 Å². The summed E-state index contributed by atoms with van der Waals surface area (Å²) < 4.78 is 5.10. The molecule has 7 heteroatoms. The van der Waals surface area contributed by atoms with Gasteiger partial charge < -0.3 is 9.32 Å². The molecule has 3 heterocycles. The van der Waals surface area contributed by atoms with E-state index in [1.54, 1.807) is 12.1 Å². The number of furan rings is 1. The molecule has 0 atom stereocenters. The van der Waals surface area contributed by atoms with E-state index in [9.17, 15) is 9.59 Å². The van der Waals surface area contributed by atoms with E-state index in [1.165, 1.54) is 23.2 Å². The minimum Gasteiger partial charge on any atom is -0.459 e. The highest BCUT2D eigenvalue weighted by Crippen LogP contribution is 2.29. The van der Waals surface area contributed by atoms with Crippen LogP contribution >= 0.6 is 11.3 Å². The molecule has 2 amide bonds. The average Bonchev–Trinajstić information content (AvgIpc) is 3.32. The summed E-state index contributed by atoms with van der Waals surface area (Å²) in [6.07, 6.45) is 2.14. The van der Waals surface area contributed by atoms with Gasteiger partial charge in [0.25, 0.3) is 11.8 Å². The monoisotopic (exact) mass is 381 g/mol. The first kappa shape index (κ1) is 17.5. The largest absolute Gasteiger partial charge is 0.459 e. The maximum absolute atomic E-state index is 12.8. The van der Waals surface area contributed by atoms with Crippen LogP contribution in [0.2, 0.25) is 0 Å². The Labute approximate surface area is 160 Å². The standard InChI is InChI=1S/C20H19N3O3S/c1-12-5-6-14(10-13(12)2)19(25)23-8-7-15-17(11-23)27-20(21-15)22-18(24)16-4-3-9-26-16/h3-6,9-10H,7-8,11H2,1-2H3,(H,21,22,24). The highest BCUT2D eigenvalue weighted by molar-refractivity contribution is 7.15. The molecule has 0 aliphatic carbocycles. The number of benzene rings is 1. The summed E-state index contributed by atoms with van der Waals surface area (Å²) in [5.41, 5.74) is 3.93. The Morgan fingerprint density at radius 3 is 2.81 bits per heavy atom. The first-order valence-electron chi connectivity index (χ1n) is 8.71. The van der Waals surface area contributed by atoms with Crippen molar-refractivity contribution < 1.29 is 14.0 Å². The predicted octanol–water partition coefficient (Wildman–Crippen LogP) is 3.80. The molecule has 0 unspecified atom stereocenters. The van der Waals surface area contributed by atoms with E-state index in [0.717, 1.165) is 16.1 Å². The van der Waals surface area contributed by atoms with Crippen LogP contribution in [0.4, 0.5) is 5.13 Å². The molecule has 1 aliphatic rings. The predicted molar refractivity (Wildman–Crippen MR) is 103 cm³/mol. The number of aromatic nitrogens is 1. The number of rotatable bonds is 3. The van der Waals surface area contributed by atoms with Crippen LogP contribution in [0.3, 0.4) is 0 Å². The van der Waals surface area contributed by atoms with Crippen LogP contribution in [0.25, 0.3) is 0 Å². The second-order valence-electron chi connectivity index (χ2n) is 6.60. The van der Waals surface area contributed by atoms with Crippen molar-refractivity contribution in [1.29, 1.82) is 0 Å². The number of nitrogens with zero attached hydrogens (tertiary/aromatic N) is 2. The Morgan fingerprint density at radius 1 is 1.22 bits per heavy atom. The van der Waals surface area contributed by atoms with Crippen molar-refractivity contribution in [2.75, 3.05) is 11.9 Å². The summed E-state index contributed by atoms with van der Waals surface area (Å²) in [7, 11) is 0. The summed E-state index contributed by atoms with van der Waals surface area (Å²) in [5, 5.41) is 3.29. The second kappa shape index (κ2) is 7.00. The maximum Gasteiger partial charge on any atom is 0.293 e. The van der Waals surface area contributed by atoms with Crippen molar-refractivity contribution in [1.82, 2.24) is 9.88 Å². The molecule has 3 aromatic rings. The Kier molecular flexibility index (Phi) is 4.53. The van der Waals surface area contributed by atoms with Gasteiger partial charge in [-0.2, -0.15) is 0 Å². The molecule has 1 N–H and O–H groups in total. The average molecular weight is 381 g/mol. The number of hydrogen-bond acceptors (Lipinski definition) is 5. The zero-order valence-corrected chi connectivity index (χ0v) is 15.9. The van der Waals surface area contributed by atoms with E-state index >= 15 is 0 Å². The number of fused-ring (bicyclic) bond motifs is 1. The van der Waals surface area contributed by atoms with Crippen molar-refractivity contribution in [2.45, 2.75) is 26.8 Å². The third-order valence-electron chi connectivity index (χ3n) is 4.74. The molecule has 0 fully saturated rings. The normalized spacial score (nSPS) is 13.3. The molecule has 2 aromatic heterocycles. The molecule has 0 saturated carbocycles. The van der Waals surface area contributed by atoms with Gasteiger partial charge in [-0.1, -0.05) is 17.4 Å². The minimum absolute atomic E-state index is 0.0262. The quantitative estimate of drug-likeness (QED) is 0.749. The van der Waals surface area contributed by atoms with E-state index in [4.69, 9.17) is 4.42 Å². The summed E-state index contributed by atoms with van der Waals surface area (Å²) in [4.78, 5) is 32.3. The number of thiazole rings is 1. The summed E-state index contributed by atoms with van der Waals surface area (Å²) >= 11 is 1.40. The number of hydrogen-bond donors (Lipinski definition) is 1. The summed E-state index contributed by atoms with van der Waals surface area (Å²) in [6, 6.07) is 9.06. The fourth-order valence-electron chi connectivity index (χ4n) is 3.05. The Balaban J connectivity index is 1.48. The Bertz CT molecular complexity index is 1010. The number of carbonyl (C=O) groups excluding carboxylic acids is 2. The van der Waals surface area contributed by atoms with Crippen LogP contribution in [0.5, 0.6) is 0 Å². The van der Waals surface area contributed by atoms with Gasteiger partial charge in [-0.3, -0.25) is 14.9 Å². The van der Waals surface area contributed by atoms with E-state index in [2.05, 4.69) is 10.3 Å². The molecule has 138 valence electrons. The number of aryl methyl sites for hydroxylation is 2. The summed E-state index contributed by atoms with van der Waals surface area (Å²) in [6.45, 7) is 5.17. The van der Waals surface area contributed by atoms with Crippen LogP contribution in [0.1, 0.15) is 42.6 Å². The SMILES string of the molecule is Cc1ccc(C(=O)N2CCc3nc(NC(=O)c4ccco4)sc3C2)cc1C. The second-order valence-corrected chi connectivity index (χ2v) is 7.68. The van der Waals surface area contributed by atoms with Crippen LogP contribution in [0, 0.1) is 13.8 Å². The highest BCUT2D eigenvalue weighted by Gasteiger charge is 2.25. The molecule has 1 aromatic carbocycles. The number of nitrogens with one attached hydrogen (secondary N) is 1. The topological polar surface area (TPSA) is 75.4 Å². The lowest BCUT2D eigenvalue weighted by Gasteiger charge is -2.26. The molecular formula is C20H19N3O3S. The van der Waals surface area contributed by atoms with Crippen molar-refractivity contribution in [2.24, 2.45) is 0 Å². The lowest BCUT2D eigenvalue weighted by molar-refractivity contribution is 0.0736. The van der Waals surface area contributed by atoms with Gasteiger partial charge in [0.05, 0.1) is 18.5 Å². The first-order valence-corrected chi connectivity index (χ1v) is 9.53. The smallest absolute Gasteiger partial charge is 0.293 e. The fourth-order valence-corrected chi connectivity index (χ4v) is 4.06. The molecule has 0 spiro atoms. The van der Waals surface area contributed by atoms with Crippen molar-refractivity contribution in [3.05, 3.63) is 69.6 Å². The molecule has 0 radical (unpaired) electrons. The van der Waals surface area contributed by atoms with Gasteiger partial charge in [-0.05, 0) is 49.2 Å². The third-order valence-corrected chi connectivity index (χ3v) is 5.74. The molecule has 6 nitrogen and oxygen atoms in total. The van der Waals surface area contributed by atoms with Crippen molar-refractivity contribution >= 4 is 28.3 Å². The Morgan fingerprint density at radius 2 is 2.07 bits per heavy atom. The van der Waals surface area contributed by atoms with Gasteiger partial charge in [-0.25, -0.2) is 4.98 Å². The molecule has 1 aliphatic heterocycles. The van der Waals surface area contributed by atoms with Gasteiger partial charge >= 0.3 is 0 Å². The Hall–Kier alpha value is -2.93. The van der Waals surface area contributed by atoms with E-state index in [1.807, 2.05) is 36.9 Å². The number of carbonyl (C=O) groups is 2. The van der Waals surface area contributed by atoms with E-state index in [-0.39, 0.29) is 17.6 Å². The zero-order chi connectivity index (χ0) is 19.0. The van der Waals surface area contributed by atoms with Gasteiger partial charge in [0, 0.05) is 23.4 Å². The van der Waals surface area contributed by atoms with E-state index < -0.39 is 0 Å². The highest BCUT2D eigenvalue weighted by atomic mass is 32.1. The lowest BCUT2D eigenvalue weighted by atomic mass is 10.0. The van der Waals surface area contributed by atoms with Crippen molar-refractivity contribution in [3.8, 4) is 0 Å². The lowest BCUT2D eigenvalue weighted by Crippen LogP contribution is -2.35. The molecule has 4 rings (SSSR count). The molecular weight excluding hydrogens is 362 g/mol. The number of amides is 2. The molecule has 0 bridgehead atoms. The third kappa shape index (κ3) is 3.50. The summed E-state index contributed by atoms with van der Waals surface area (Å²) in [5.74, 6) is -0.0535. The van der Waals surface area contributed by atoms with Crippen LogP contribution in [-0.2, 0) is 13.0 Å². The van der Waals surface area contributed by atoms with Crippen LogP contribution in [0.15, 0.2) is 41.0 Å². The van der Waals surface area contributed by atoms with Gasteiger partial charge in [0.1, 0.15) is 0 Å². The first-order chi connectivity index (χ1) is 13.0. The molecule has 27 heavy (non-hydrogen) atoms. The van der Waals surface area contributed by atoms with Crippen molar-refractivity contribution in [3.63, 3.8) is 0 Å². The molecule has 0 saturated heterocycles.